The van der Waals surface area contributed by atoms with Crippen molar-refractivity contribution in [2.45, 2.75) is 25.4 Å². The van der Waals surface area contributed by atoms with Gasteiger partial charge < -0.3 is 15.0 Å². The molecule has 1 saturated heterocycles. The highest BCUT2D eigenvalue weighted by Crippen LogP contribution is 2.25. The van der Waals surface area contributed by atoms with E-state index in [4.69, 9.17) is 16.3 Å². The zero-order chi connectivity index (χ0) is 13.0. The molecular formula is C14H21ClN2O. The second kappa shape index (κ2) is 6.41. The molecule has 0 aromatic heterocycles. The van der Waals surface area contributed by atoms with Gasteiger partial charge in [-0.2, -0.15) is 0 Å². The van der Waals surface area contributed by atoms with Gasteiger partial charge in [0.25, 0.3) is 0 Å². The topological polar surface area (TPSA) is 24.5 Å². The van der Waals surface area contributed by atoms with Crippen LogP contribution in [0.25, 0.3) is 0 Å². The summed E-state index contributed by atoms with van der Waals surface area (Å²) >= 11 is 6.11. The average molecular weight is 269 g/mol. The van der Waals surface area contributed by atoms with Gasteiger partial charge in [-0.05, 0) is 50.7 Å². The highest BCUT2D eigenvalue weighted by molar-refractivity contribution is 6.32. The third-order valence-corrected chi connectivity index (χ3v) is 3.82. The number of ether oxygens (including phenoxy) is 1. The lowest BCUT2D eigenvalue weighted by molar-refractivity contribution is 0.234. The summed E-state index contributed by atoms with van der Waals surface area (Å²) < 4.78 is 5.15. The Morgan fingerprint density at radius 1 is 1.39 bits per heavy atom. The molecule has 1 fully saturated rings. The van der Waals surface area contributed by atoms with Crippen LogP contribution in [0.4, 0.5) is 0 Å². The molecule has 3 nitrogen and oxygen atoms in total. The molecule has 0 saturated carbocycles. The molecule has 0 atom stereocenters. The quantitative estimate of drug-likeness (QED) is 0.908. The van der Waals surface area contributed by atoms with E-state index in [1.165, 1.54) is 31.5 Å². The van der Waals surface area contributed by atoms with Gasteiger partial charge in [-0.3, -0.25) is 0 Å². The molecule has 0 bridgehead atoms. The van der Waals surface area contributed by atoms with E-state index in [9.17, 15) is 0 Å². The summed E-state index contributed by atoms with van der Waals surface area (Å²) in [4.78, 5) is 2.38. The summed E-state index contributed by atoms with van der Waals surface area (Å²) in [5.74, 6) is 0.736. The number of halogens is 1. The first-order valence-electron chi connectivity index (χ1n) is 6.43. The first kappa shape index (κ1) is 13.7. The van der Waals surface area contributed by atoms with E-state index in [1.807, 2.05) is 12.1 Å². The molecule has 0 aliphatic carbocycles. The van der Waals surface area contributed by atoms with Gasteiger partial charge in [-0.1, -0.05) is 17.7 Å². The molecule has 1 aromatic rings. The highest BCUT2D eigenvalue weighted by atomic mass is 35.5. The van der Waals surface area contributed by atoms with Gasteiger partial charge >= 0.3 is 0 Å². The van der Waals surface area contributed by atoms with E-state index >= 15 is 0 Å². The predicted octanol–water partition coefficient (Wildman–Crippen LogP) is 2.53. The van der Waals surface area contributed by atoms with Crippen LogP contribution >= 0.6 is 11.6 Å². The molecule has 1 aliphatic rings. The molecule has 0 amide bonds. The lowest BCUT2D eigenvalue weighted by Gasteiger charge is -2.29. The second-order valence-electron chi connectivity index (χ2n) is 4.93. The van der Waals surface area contributed by atoms with Crippen molar-refractivity contribution in [2.75, 3.05) is 27.2 Å². The number of hydrogen-bond acceptors (Lipinski definition) is 3. The molecule has 100 valence electrons. The van der Waals surface area contributed by atoms with E-state index < -0.39 is 0 Å². The number of methoxy groups -OCH3 is 1. The molecule has 2 rings (SSSR count). The Kier molecular flexibility index (Phi) is 4.87. The van der Waals surface area contributed by atoms with Crippen LogP contribution in [-0.4, -0.2) is 38.2 Å². The van der Waals surface area contributed by atoms with Gasteiger partial charge in [0.15, 0.2) is 0 Å². The minimum absolute atomic E-state index is 0.627. The summed E-state index contributed by atoms with van der Waals surface area (Å²) in [7, 11) is 3.82. The molecule has 1 aliphatic heterocycles. The van der Waals surface area contributed by atoms with Crippen molar-refractivity contribution >= 4 is 11.6 Å². The van der Waals surface area contributed by atoms with E-state index in [0.717, 1.165) is 12.3 Å². The SMILES string of the molecule is COc1ccc(CNC2CCN(C)CC2)cc1Cl. The smallest absolute Gasteiger partial charge is 0.137 e. The first-order valence-corrected chi connectivity index (χ1v) is 6.81. The van der Waals surface area contributed by atoms with Crippen LogP contribution in [-0.2, 0) is 6.54 Å². The molecule has 0 unspecified atom stereocenters. The largest absolute Gasteiger partial charge is 0.495 e. The van der Waals surface area contributed by atoms with Gasteiger partial charge in [0.2, 0.25) is 0 Å². The maximum Gasteiger partial charge on any atom is 0.137 e. The van der Waals surface area contributed by atoms with Gasteiger partial charge in [-0.15, -0.1) is 0 Å². The number of nitrogens with one attached hydrogen (secondary N) is 1. The number of likely N-dealkylation sites (tertiary alicyclic amines) is 1. The third-order valence-electron chi connectivity index (χ3n) is 3.53. The average Bonchev–Trinajstić information content (AvgIpc) is 2.38. The van der Waals surface area contributed by atoms with E-state index in [2.05, 4.69) is 23.3 Å². The summed E-state index contributed by atoms with van der Waals surface area (Å²) in [5, 5.41) is 4.28. The zero-order valence-corrected chi connectivity index (χ0v) is 11.8. The summed E-state index contributed by atoms with van der Waals surface area (Å²) in [6.07, 6.45) is 2.45. The number of rotatable bonds is 4. The van der Waals surface area contributed by atoms with Gasteiger partial charge in [0, 0.05) is 12.6 Å². The summed E-state index contributed by atoms with van der Waals surface area (Å²) in [5.41, 5.74) is 1.21. The first-order chi connectivity index (χ1) is 8.69. The van der Waals surface area contributed by atoms with Crippen LogP contribution in [0.5, 0.6) is 5.75 Å². The number of piperidine rings is 1. The Balaban J connectivity index is 1.84. The molecule has 0 spiro atoms. The molecule has 18 heavy (non-hydrogen) atoms. The molecule has 4 heteroatoms. The minimum atomic E-state index is 0.627. The molecule has 1 aromatic carbocycles. The van der Waals surface area contributed by atoms with Crippen LogP contribution in [0.2, 0.25) is 5.02 Å². The number of nitrogens with zero attached hydrogens (tertiary/aromatic N) is 1. The fourth-order valence-electron chi connectivity index (χ4n) is 2.29. The van der Waals surface area contributed by atoms with Crippen LogP contribution in [0.15, 0.2) is 18.2 Å². The molecular weight excluding hydrogens is 248 g/mol. The predicted molar refractivity (Wildman–Crippen MR) is 75.4 cm³/mol. The zero-order valence-electron chi connectivity index (χ0n) is 11.1. The molecule has 0 radical (unpaired) electrons. The second-order valence-corrected chi connectivity index (χ2v) is 5.33. The van der Waals surface area contributed by atoms with Crippen molar-refractivity contribution in [3.8, 4) is 5.75 Å². The molecule has 1 N–H and O–H groups in total. The molecule has 1 heterocycles. The Morgan fingerprint density at radius 3 is 2.72 bits per heavy atom. The normalized spacial score (nSPS) is 17.9. The Bertz CT molecular complexity index is 389. The maximum atomic E-state index is 6.11. The lowest BCUT2D eigenvalue weighted by Crippen LogP contribution is -2.40. The maximum absolute atomic E-state index is 6.11. The van der Waals surface area contributed by atoms with Crippen molar-refractivity contribution in [2.24, 2.45) is 0 Å². The van der Waals surface area contributed by atoms with E-state index in [-0.39, 0.29) is 0 Å². The number of benzene rings is 1. The fourth-order valence-corrected chi connectivity index (χ4v) is 2.58. The van der Waals surface area contributed by atoms with Crippen molar-refractivity contribution in [3.05, 3.63) is 28.8 Å². The van der Waals surface area contributed by atoms with Gasteiger partial charge in [0.05, 0.1) is 12.1 Å². The summed E-state index contributed by atoms with van der Waals surface area (Å²) in [6, 6.07) is 6.59. The monoisotopic (exact) mass is 268 g/mol. The highest BCUT2D eigenvalue weighted by Gasteiger charge is 2.15. The fraction of sp³-hybridized carbons (Fsp3) is 0.571. The van der Waals surface area contributed by atoms with Gasteiger partial charge in [0.1, 0.15) is 5.75 Å². The van der Waals surface area contributed by atoms with E-state index in [1.54, 1.807) is 7.11 Å². The minimum Gasteiger partial charge on any atom is -0.495 e. The standard InChI is InChI=1S/C14H21ClN2O/c1-17-7-5-12(6-8-17)16-10-11-3-4-14(18-2)13(15)9-11/h3-4,9,12,16H,5-8,10H2,1-2H3. The van der Waals surface area contributed by atoms with Crippen molar-refractivity contribution in [1.82, 2.24) is 10.2 Å². The van der Waals surface area contributed by atoms with Crippen LogP contribution in [0.1, 0.15) is 18.4 Å². The van der Waals surface area contributed by atoms with Crippen LogP contribution in [0.3, 0.4) is 0 Å². The van der Waals surface area contributed by atoms with Crippen molar-refractivity contribution in [3.63, 3.8) is 0 Å². The van der Waals surface area contributed by atoms with Gasteiger partial charge in [-0.25, -0.2) is 0 Å². The van der Waals surface area contributed by atoms with Crippen molar-refractivity contribution in [1.29, 1.82) is 0 Å². The number of hydrogen-bond donors (Lipinski definition) is 1. The Morgan fingerprint density at radius 2 is 2.11 bits per heavy atom. The van der Waals surface area contributed by atoms with Crippen LogP contribution < -0.4 is 10.1 Å². The summed E-state index contributed by atoms with van der Waals surface area (Å²) in [6.45, 7) is 3.24. The van der Waals surface area contributed by atoms with Crippen LogP contribution in [0, 0.1) is 0 Å². The lowest BCUT2D eigenvalue weighted by atomic mass is 10.1. The van der Waals surface area contributed by atoms with E-state index in [0.29, 0.717) is 11.1 Å². The Labute approximate surface area is 114 Å². The Hall–Kier alpha value is -0.770. The van der Waals surface area contributed by atoms with Crippen molar-refractivity contribution < 1.29 is 4.74 Å². The third kappa shape index (κ3) is 3.61.